The first-order valence-corrected chi connectivity index (χ1v) is 13.9. The number of anilines is 2. The van der Waals surface area contributed by atoms with Crippen LogP contribution in [0.5, 0.6) is 0 Å². The van der Waals surface area contributed by atoms with Crippen molar-refractivity contribution in [2.24, 2.45) is 0 Å². The maximum Gasteiger partial charge on any atom is 0.268 e. The number of hydrogen-bond donors (Lipinski definition) is 2. The zero-order chi connectivity index (χ0) is 25.7. The van der Waals surface area contributed by atoms with Crippen molar-refractivity contribution in [3.63, 3.8) is 0 Å². The highest BCUT2D eigenvalue weighted by Gasteiger charge is 2.27. The molecule has 0 saturated carbocycles. The van der Waals surface area contributed by atoms with Crippen LogP contribution in [0.15, 0.2) is 66.7 Å². The van der Waals surface area contributed by atoms with E-state index in [-0.39, 0.29) is 29.2 Å². The van der Waals surface area contributed by atoms with Gasteiger partial charge in [-0.15, -0.1) is 0 Å². The topological polar surface area (TPSA) is 95.4 Å². The van der Waals surface area contributed by atoms with Crippen LogP contribution in [0.25, 0.3) is 0 Å². The molecule has 12 heteroatoms. The Morgan fingerprint density at radius 3 is 2.53 bits per heavy atom. The van der Waals surface area contributed by atoms with Crippen molar-refractivity contribution in [3.05, 3.63) is 106 Å². The lowest BCUT2D eigenvalue weighted by atomic mass is 10.1. The fraction of sp³-hybridized carbons (Fsp3) is 0.125. The average molecular weight is 640 g/mol. The third kappa shape index (κ3) is 6.11. The molecule has 2 N–H and O–H groups in total. The number of hydrogen-bond acceptors (Lipinski definition) is 5. The molecule has 7 nitrogen and oxygen atoms in total. The van der Waals surface area contributed by atoms with Gasteiger partial charge in [0.1, 0.15) is 17.3 Å². The first-order chi connectivity index (χ1) is 17.4. The van der Waals surface area contributed by atoms with E-state index in [0.29, 0.717) is 16.5 Å². The van der Waals surface area contributed by atoms with Crippen molar-refractivity contribution in [3.8, 4) is 0 Å². The molecule has 0 saturated heterocycles. The molecule has 36 heavy (non-hydrogen) atoms. The van der Waals surface area contributed by atoms with Gasteiger partial charge in [-0.05, 0) is 29.3 Å². The molecule has 3 aromatic carbocycles. The van der Waals surface area contributed by atoms with Crippen molar-refractivity contribution in [1.82, 2.24) is 14.1 Å². The van der Waals surface area contributed by atoms with E-state index in [4.69, 9.17) is 0 Å². The SMILES string of the molecule is O=C(NCc1ccc(F)cc1F)c1ccc(CI)cc1N(c1nsnc1Cc1ccccc1)S(=O)O. The number of carbonyl (C=O) groups excluding carboxylic acids is 1. The molecule has 1 atom stereocenters. The van der Waals surface area contributed by atoms with Gasteiger partial charge in [0.25, 0.3) is 17.2 Å². The molecule has 0 spiro atoms. The second-order valence-electron chi connectivity index (χ2n) is 7.63. The zero-order valence-electron chi connectivity index (χ0n) is 18.5. The zero-order valence-corrected chi connectivity index (χ0v) is 22.3. The normalized spacial score (nSPS) is 11.8. The highest BCUT2D eigenvalue weighted by atomic mass is 127. The van der Waals surface area contributed by atoms with Crippen LogP contribution in [0, 0.1) is 11.6 Å². The third-order valence-corrected chi connectivity index (χ3v) is 7.35. The largest absolute Gasteiger partial charge is 0.348 e. The summed E-state index contributed by atoms with van der Waals surface area (Å²) in [7, 11) is 0. The van der Waals surface area contributed by atoms with Gasteiger partial charge in [0.05, 0.1) is 23.0 Å². The summed E-state index contributed by atoms with van der Waals surface area (Å²) in [4.78, 5) is 13.1. The predicted octanol–water partition coefficient (Wildman–Crippen LogP) is 5.55. The number of nitrogens with zero attached hydrogens (tertiary/aromatic N) is 3. The quantitative estimate of drug-likeness (QED) is 0.142. The van der Waals surface area contributed by atoms with E-state index in [1.165, 1.54) is 12.1 Å². The molecule has 0 bridgehead atoms. The monoisotopic (exact) mass is 640 g/mol. The molecule has 1 amide bonds. The van der Waals surface area contributed by atoms with Crippen molar-refractivity contribution in [1.29, 1.82) is 0 Å². The van der Waals surface area contributed by atoms with Crippen LogP contribution in [-0.4, -0.2) is 23.4 Å². The summed E-state index contributed by atoms with van der Waals surface area (Å²) < 4.78 is 60.4. The minimum Gasteiger partial charge on any atom is -0.348 e. The van der Waals surface area contributed by atoms with Gasteiger partial charge in [-0.1, -0.05) is 65.1 Å². The molecule has 1 unspecified atom stereocenters. The summed E-state index contributed by atoms with van der Waals surface area (Å²) in [6, 6.07) is 17.5. The van der Waals surface area contributed by atoms with Crippen LogP contribution >= 0.6 is 34.3 Å². The van der Waals surface area contributed by atoms with Gasteiger partial charge >= 0.3 is 0 Å². The Hall–Kier alpha value is -2.81. The van der Waals surface area contributed by atoms with Crippen LogP contribution in [0.3, 0.4) is 0 Å². The van der Waals surface area contributed by atoms with Crippen LogP contribution < -0.4 is 9.62 Å². The maximum atomic E-state index is 14.0. The van der Waals surface area contributed by atoms with E-state index >= 15 is 0 Å². The first kappa shape index (κ1) is 26.3. The van der Waals surface area contributed by atoms with Gasteiger partial charge in [-0.3, -0.25) is 9.35 Å². The number of aromatic nitrogens is 2. The van der Waals surface area contributed by atoms with Crippen LogP contribution in [0.2, 0.25) is 0 Å². The van der Waals surface area contributed by atoms with Crippen LogP contribution in [-0.2, 0) is 28.7 Å². The van der Waals surface area contributed by atoms with Gasteiger partial charge in [-0.25, -0.2) is 17.3 Å². The summed E-state index contributed by atoms with van der Waals surface area (Å²) >= 11 is 0.467. The van der Waals surface area contributed by atoms with Crippen molar-refractivity contribution >= 4 is 63.0 Å². The number of nitrogens with one attached hydrogen (secondary N) is 1. The molecule has 186 valence electrons. The third-order valence-electron chi connectivity index (χ3n) is 5.23. The molecule has 1 heterocycles. The Morgan fingerprint density at radius 1 is 1.06 bits per heavy atom. The summed E-state index contributed by atoms with van der Waals surface area (Å²) in [6.45, 7) is -0.196. The number of halogens is 3. The fourth-order valence-corrected chi connectivity index (χ4v) is 5.17. The summed E-state index contributed by atoms with van der Waals surface area (Å²) in [5, 5.41) is 2.60. The molecule has 0 radical (unpaired) electrons. The number of carbonyl (C=O) groups is 1. The summed E-state index contributed by atoms with van der Waals surface area (Å²) in [5.74, 6) is -1.94. The smallest absolute Gasteiger partial charge is 0.268 e. The van der Waals surface area contributed by atoms with Gasteiger partial charge in [0, 0.05) is 29.0 Å². The van der Waals surface area contributed by atoms with E-state index in [1.807, 2.05) is 30.3 Å². The molecule has 4 rings (SSSR count). The van der Waals surface area contributed by atoms with Crippen molar-refractivity contribution in [2.75, 3.05) is 4.31 Å². The Bertz CT molecular complexity index is 1410. The molecule has 0 aliphatic rings. The number of alkyl halides is 1. The second kappa shape index (κ2) is 12.0. The number of benzene rings is 3. The van der Waals surface area contributed by atoms with Crippen LogP contribution in [0.4, 0.5) is 20.3 Å². The fourth-order valence-electron chi connectivity index (χ4n) is 3.49. The lowest BCUT2D eigenvalue weighted by Gasteiger charge is -2.22. The Kier molecular flexibility index (Phi) is 8.72. The first-order valence-electron chi connectivity index (χ1n) is 10.5. The second-order valence-corrected chi connectivity index (χ2v) is 9.74. The predicted molar refractivity (Wildman–Crippen MR) is 144 cm³/mol. The van der Waals surface area contributed by atoms with E-state index < -0.39 is 28.8 Å². The summed E-state index contributed by atoms with van der Waals surface area (Å²) in [5.41, 5.74) is 2.58. The Morgan fingerprint density at radius 2 is 1.83 bits per heavy atom. The number of rotatable bonds is 9. The average Bonchev–Trinajstić information content (AvgIpc) is 3.31. The van der Waals surface area contributed by atoms with E-state index in [2.05, 4.69) is 36.7 Å². The van der Waals surface area contributed by atoms with E-state index in [0.717, 1.165) is 39.3 Å². The van der Waals surface area contributed by atoms with Crippen molar-refractivity contribution < 1.29 is 22.3 Å². The maximum absolute atomic E-state index is 14.0. The Labute approximate surface area is 226 Å². The van der Waals surface area contributed by atoms with Gasteiger partial charge in [0.2, 0.25) is 0 Å². The molecule has 1 aromatic heterocycles. The van der Waals surface area contributed by atoms with Gasteiger partial charge in [-0.2, -0.15) is 8.75 Å². The lowest BCUT2D eigenvalue weighted by Crippen LogP contribution is -2.28. The minimum absolute atomic E-state index is 0.0900. The molecule has 0 fully saturated rings. The van der Waals surface area contributed by atoms with Gasteiger partial charge < -0.3 is 5.32 Å². The van der Waals surface area contributed by atoms with E-state index in [1.54, 1.807) is 12.1 Å². The molecule has 0 aliphatic carbocycles. The molecular formula is C24H19F2IN4O3S2. The molecule has 4 aromatic rings. The Balaban J connectivity index is 1.69. The standard InChI is InChI=1S/C24H19F2IN4O3S2/c25-18-8-7-17(20(26)12-18)14-28-24(32)19-9-6-16(13-27)11-22(19)31(36(33)34)23-21(29-35-30-23)10-15-4-2-1-3-5-15/h1-9,11-12H,10,13-14H2,(H,28,32)(H,33,34). The summed E-state index contributed by atoms with van der Waals surface area (Å²) in [6.07, 6.45) is 0.373. The van der Waals surface area contributed by atoms with Gasteiger partial charge in [0.15, 0.2) is 5.82 Å². The van der Waals surface area contributed by atoms with Crippen molar-refractivity contribution in [2.45, 2.75) is 17.4 Å². The van der Waals surface area contributed by atoms with E-state index in [9.17, 15) is 22.3 Å². The number of amides is 1. The highest BCUT2D eigenvalue weighted by molar-refractivity contribution is 14.1. The highest BCUT2D eigenvalue weighted by Crippen LogP contribution is 2.34. The minimum atomic E-state index is -2.58. The molecule has 0 aliphatic heterocycles. The van der Waals surface area contributed by atoms with Crippen LogP contribution in [0.1, 0.15) is 32.7 Å². The molecular weight excluding hydrogens is 621 g/mol. The lowest BCUT2D eigenvalue weighted by molar-refractivity contribution is 0.0951.